The molecular weight excluding hydrogens is 178 g/mol. The maximum atomic E-state index is 9.30. The first-order valence-corrected chi connectivity index (χ1v) is 4.39. The molecule has 0 amide bonds. The summed E-state index contributed by atoms with van der Waals surface area (Å²) in [4.78, 5) is 0. The van der Waals surface area contributed by atoms with Crippen LogP contribution < -0.4 is 5.73 Å². The van der Waals surface area contributed by atoms with Gasteiger partial charge in [-0.3, -0.25) is 0 Å². The van der Waals surface area contributed by atoms with Crippen molar-refractivity contribution in [2.24, 2.45) is 5.73 Å². The lowest BCUT2D eigenvalue weighted by Gasteiger charge is -2.23. The predicted molar refractivity (Wildman–Crippen MR) is 56.1 cm³/mol. The summed E-state index contributed by atoms with van der Waals surface area (Å²) in [5.41, 5.74) is 6.21. The summed E-state index contributed by atoms with van der Waals surface area (Å²) >= 11 is 0. The van der Waals surface area contributed by atoms with E-state index in [9.17, 15) is 5.11 Å². The zero-order valence-corrected chi connectivity index (χ0v) is 8.20. The Morgan fingerprint density at radius 2 is 2.07 bits per heavy atom. The van der Waals surface area contributed by atoms with Gasteiger partial charge >= 0.3 is 0 Å². The molecule has 0 heterocycles. The van der Waals surface area contributed by atoms with Crippen LogP contribution in [0, 0.1) is 0 Å². The topological polar surface area (TPSA) is 66.5 Å². The summed E-state index contributed by atoms with van der Waals surface area (Å²) in [5.74, 6) is -0.286. The quantitative estimate of drug-likeness (QED) is 0.507. The lowest BCUT2D eigenvalue weighted by molar-refractivity contribution is 0.400. The summed E-state index contributed by atoms with van der Waals surface area (Å²) in [5, 5.41) is 18.4. The Kier molecular flexibility index (Phi) is 2.81. The average Bonchev–Trinajstić information content (AvgIpc) is 2.09. The van der Waals surface area contributed by atoms with Crippen LogP contribution >= 0.6 is 0 Å². The van der Waals surface area contributed by atoms with Crippen molar-refractivity contribution in [3.05, 3.63) is 36.4 Å². The molecule has 3 nitrogen and oxygen atoms in total. The minimum Gasteiger partial charge on any atom is -0.504 e. The number of benzene rings is 1. The fraction of sp³-hybridized carbons (Fsp3) is 0.273. The molecule has 14 heavy (non-hydrogen) atoms. The highest BCUT2D eigenvalue weighted by molar-refractivity contribution is 5.42. The van der Waals surface area contributed by atoms with Crippen LogP contribution in [-0.4, -0.2) is 10.2 Å². The summed E-state index contributed by atoms with van der Waals surface area (Å²) in [6, 6.07) is 4.59. The van der Waals surface area contributed by atoms with Crippen molar-refractivity contribution in [1.29, 1.82) is 0 Å². The van der Waals surface area contributed by atoms with E-state index in [2.05, 4.69) is 6.58 Å². The second kappa shape index (κ2) is 3.72. The Labute approximate surface area is 83.5 Å². The molecule has 0 aromatic heterocycles. The first kappa shape index (κ1) is 10.6. The summed E-state index contributed by atoms with van der Waals surface area (Å²) < 4.78 is 0. The van der Waals surface area contributed by atoms with Gasteiger partial charge in [0.2, 0.25) is 0 Å². The Morgan fingerprint density at radius 1 is 1.43 bits per heavy atom. The molecule has 1 rings (SSSR count). The first-order valence-electron chi connectivity index (χ1n) is 4.39. The molecule has 3 heteroatoms. The minimum absolute atomic E-state index is 0.136. The molecule has 76 valence electrons. The number of phenolic OH excluding ortho intramolecular Hbond substituents is 2. The summed E-state index contributed by atoms with van der Waals surface area (Å²) in [7, 11) is 0. The van der Waals surface area contributed by atoms with Crippen LogP contribution in [0.4, 0.5) is 0 Å². The first-order chi connectivity index (χ1) is 6.47. The van der Waals surface area contributed by atoms with Crippen LogP contribution in [0.3, 0.4) is 0 Å². The number of hydrogen-bond acceptors (Lipinski definition) is 3. The molecular formula is C11H15NO2. The maximum absolute atomic E-state index is 9.30. The van der Waals surface area contributed by atoms with Crippen molar-refractivity contribution in [3.8, 4) is 11.5 Å². The molecule has 4 N–H and O–H groups in total. The zero-order chi connectivity index (χ0) is 10.8. The van der Waals surface area contributed by atoms with E-state index in [0.717, 1.165) is 5.56 Å². The lowest BCUT2D eigenvalue weighted by atomic mass is 9.89. The zero-order valence-electron chi connectivity index (χ0n) is 8.20. The third kappa shape index (κ3) is 2.06. The molecule has 1 aromatic rings. The van der Waals surface area contributed by atoms with Crippen LogP contribution in [0.15, 0.2) is 30.9 Å². The second-order valence-electron chi connectivity index (χ2n) is 3.61. The molecule has 0 saturated carbocycles. The highest BCUT2D eigenvalue weighted by Gasteiger charge is 2.20. The normalized spacial score (nSPS) is 14.7. The van der Waals surface area contributed by atoms with Crippen molar-refractivity contribution in [3.63, 3.8) is 0 Å². The van der Waals surface area contributed by atoms with Gasteiger partial charge in [-0.1, -0.05) is 12.1 Å². The lowest BCUT2D eigenvalue weighted by Crippen LogP contribution is -2.32. The van der Waals surface area contributed by atoms with Gasteiger partial charge in [-0.2, -0.15) is 0 Å². The average molecular weight is 193 g/mol. The van der Waals surface area contributed by atoms with Crippen molar-refractivity contribution < 1.29 is 10.2 Å². The van der Waals surface area contributed by atoms with Crippen LogP contribution in [0.25, 0.3) is 0 Å². The summed E-state index contributed by atoms with van der Waals surface area (Å²) in [6.45, 7) is 5.47. The smallest absolute Gasteiger partial charge is 0.157 e. The molecule has 0 aliphatic rings. The van der Waals surface area contributed by atoms with Gasteiger partial charge in [0.25, 0.3) is 0 Å². The van der Waals surface area contributed by atoms with E-state index in [-0.39, 0.29) is 11.5 Å². The molecule has 0 radical (unpaired) electrons. The van der Waals surface area contributed by atoms with Crippen molar-refractivity contribution in [2.45, 2.75) is 18.9 Å². The number of phenols is 2. The fourth-order valence-electron chi connectivity index (χ4n) is 1.30. The van der Waals surface area contributed by atoms with Gasteiger partial charge in [0.15, 0.2) is 11.5 Å². The Bertz CT molecular complexity index is 345. The van der Waals surface area contributed by atoms with Crippen molar-refractivity contribution in [1.82, 2.24) is 0 Å². The monoisotopic (exact) mass is 193 g/mol. The highest BCUT2D eigenvalue weighted by atomic mass is 16.3. The van der Waals surface area contributed by atoms with Crippen molar-refractivity contribution in [2.75, 3.05) is 0 Å². The van der Waals surface area contributed by atoms with Gasteiger partial charge in [-0.25, -0.2) is 0 Å². The molecule has 0 aliphatic heterocycles. The van der Waals surface area contributed by atoms with Gasteiger partial charge in [-0.05, 0) is 31.0 Å². The Hall–Kier alpha value is -1.48. The van der Waals surface area contributed by atoms with E-state index in [0.29, 0.717) is 6.42 Å². The van der Waals surface area contributed by atoms with Crippen LogP contribution in [0.1, 0.15) is 18.9 Å². The van der Waals surface area contributed by atoms with E-state index in [1.165, 1.54) is 12.1 Å². The van der Waals surface area contributed by atoms with Crippen molar-refractivity contribution >= 4 is 0 Å². The van der Waals surface area contributed by atoms with Crippen LogP contribution in [0.5, 0.6) is 11.5 Å². The molecule has 0 saturated heterocycles. The Balaban J connectivity index is 3.07. The van der Waals surface area contributed by atoms with Crippen LogP contribution in [-0.2, 0) is 5.54 Å². The van der Waals surface area contributed by atoms with Crippen LogP contribution in [0.2, 0.25) is 0 Å². The van der Waals surface area contributed by atoms with Gasteiger partial charge in [0, 0.05) is 5.54 Å². The van der Waals surface area contributed by atoms with E-state index in [1.54, 1.807) is 12.1 Å². The van der Waals surface area contributed by atoms with Gasteiger partial charge in [0.1, 0.15) is 0 Å². The minimum atomic E-state index is -0.563. The maximum Gasteiger partial charge on any atom is 0.157 e. The molecule has 0 spiro atoms. The SMILES string of the molecule is C=CC[C@@](C)(N)c1ccc(O)c(O)c1. The molecule has 0 bridgehead atoms. The largest absolute Gasteiger partial charge is 0.504 e. The van der Waals surface area contributed by atoms with Gasteiger partial charge in [0.05, 0.1) is 0 Å². The fourth-order valence-corrected chi connectivity index (χ4v) is 1.30. The summed E-state index contributed by atoms with van der Waals surface area (Å²) in [6.07, 6.45) is 2.33. The number of rotatable bonds is 3. The highest BCUT2D eigenvalue weighted by Crippen LogP contribution is 2.30. The van der Waals surface area contributed by atoms with Gasteiger partial charge < -0.3 is 15.9 Å². The third-order valence-electron chi connectivity index (χ3n) is 2.20. The Morgan fingerprint density at radius 3 is 2.57 bits per heavy atom. The number of nitrogens with two attached hydrogens (primary N) is 1. The number of aromatic hydroxyl groups is 2. The predicted octanol–water partition coefficient (Wildman–Crippen LogP) is 1.85. The molecule has 0 fully saturated rings. The van der Waals surface area contributed by atoms with E-state index in [1.807, 2.05) is 6.92 Å². The standard InChI is InChI=1S/C11H15NO2/c1-3-6-11(2,12)8-4-5-9(13)10(14)7-8/h3-5,7,13-14H,1,6,12H2,2H3/t11-/m1/s1. The van der Waals surface area contributed by atoms with E-state index < -0.39 is 5.54 Å². The van der Waals surface area contributed by atoms with Gasteiger partial charge in [-0.15, -0.1) is 6.58 Å². The third-order valence-corrected chi connectivity index (χ3v) is 2.20. The second-order valence-corrected chi connectivity index (χ2v) is 3.61. The van der Waals surface area contributed by atoms with E-state index >= 15 is 0 Å². The molecule has 1 aromatic carbocycles. The van der Waals surface area contributed by atoms with E-state index in [4.69, 9.17) is 10.8 Å². The molecule has 0 unspecified atom stereocenters. The number of hydrogen-bond donors (Lipinski definition) is 3. The molecule has 1 atom stereocenters. The molecule has 0 aliphatic carbocycles.